The average molecular weight is 240 g/mol. The van der Waals surface area contributed by atoms with Gasteiger partial charge in [-0.25, -0.2) is 0 Å². The topological polar surface area (TPSA) is 42.2 Å². The summed E-state index contributed by atoms with van der Waals surface area (Å²) >= 11 is 3.07. The first-order valence-electron chi connectivity index (χ1n) is 3.70. The predicted octanol–water partition coefficient (Wildman–Crippen LogP) is 2.00. The summed E-state index contributed by atoms with van der Waals surface area (Å²) in [7, 11) is 0. The largest absolute Gasteiger partial charge is 0.425 e. The van der Waals surface area contributed by atoms with Crippen LogP contribution in [0, 0.1) is 0 Å². The number of aromatic nitrogens is 1. The Balaban J connectivity index is 3.02. The molecule has 66 valence electrons. The highest BCUT2D eigenvalue weighted by Crippen LogP contribution is 2.14. The molecule has 1 aromatic carbocycles. The molecule has 2 rings (SSSR count). The zero-order chi connectivity index (χ0) is 9.42. The van der Waals surface area contributed by atoms with E-state index in [-0.39, 0.29) is 0 Å². The van der Waals surface area contributed by atoms with Crippen LogP contribution in [0.5, 0.6) is 0 Å². The van der Waals surface area contributed by atoms with Crippen molar-refractivity contribution in [1.29, 1.82) is 0 Å². The lowest BCUT2D eigenvalue weighted by molar-refractivity contribution is 0.188. The Morgan fingerprint density at radius 1 is 1.31 bits per heavy atom. The van der Waals surface area contributed by atoms with E-state index in [0.29, 0.717) is 14.7 Å². The van der Waals surface area contributed by atoms with Crippen LogP contribution in [0.2, 0.25) is 0 Å². The molecule has 0 bridgehead atoms. The Kier molecular flexibility index (Phi) is 1.84. The van der Waals surface area contributed by atoms with Crippen LogP contribution in [0.1, 0.15) is 0 Å². The monoisotopic (exact) mass is 239 g/mol. The summed E-state index contributed by atoms with van der Waals surface area (Å²) in [4.78, 5) is 11.2. The average Bonchev–Trinajstić information content (AvgIpc) is 2.15. The quantitative estimate of drug-likeness (QED) is 0.715. The van der Waals surface area contributed by atoms with Gasteiger partial charge in [-0.1, -0.05) is 18.2 Å². The van der Waals surface area contributed by atoms with Gasteiger partial charge in [0.1, 0.15) is 0 Å². The van der Waals surface area contributed by atoms with Gasteiger partial charge in [0.2, 0.25) is 0 Å². The molecule has 2 aromatic rings. The van der Waals surface area contributed by atoms with Crippen molar-refractivity contribution in [1.82, 2.24) is 4.73 Å². The second-order valence-electron chi connectivity index (χ2n) is 2.67. The lowest BCUT2D eigenvalue weighted by atomic mass is 10.2. The van der Waals surface area contributed by atoms with Crippen molar-refractivity contribution in [2.75, 3.05) is 0 Å². The van der Waals surface area contributed by atoms with Crippen LogP contribution in [0.4, 0.5) is 0 Å². The molecule has 0 saturated heterocycles. The Labute approximate surface area is 82.3 Å². The molecule has 1 N–H and O–H groups in total. The van der Waals surface area contributed by atoms with Crippen LogP contribution in [0.3, 0.4) is 0 Å². The first-order valence-corrected chi connectivity index (χ1v) is 4.49. The fourth-order valence-corrected chi connectivity index (χ4v) is 1.63. The minimum Gasteiger partial charge on any atom is -0.425 e. The molecule has 1 heterocycles. The molecule has 0 aliphatic carbocycles. The van der Waals surface area contributed by atoms with Crippen LogP contribution in [-0.2, 0) is 0 Å². The Morgan fingerprint density at radius 3 is 2.77 bits per heavy atom. The molecule has 0 atom stereocenters. The molecule has 0 radical (unpaired) electrons. The lowest BCUT2D eigenvalue weighted by Crippen LogP contribution is -2.18. The number of hydrogen-bond donors (Lipinski definition) is 1. The number of halogens is 1. The number of pyridine rings is 1. The smallest absolute Gasteiger partial charge is 0.297 e. The van der Waals surface area contributed by atoms with Crippen molar-refractivity contribution in [3.05, 3.63) is 45.2 Å². The highest BCUT2D eigenvalue weighted by molar-refractivity contribution is 9.10. The van der Waals surface area contributed by atoms with Crippen molar-refractivity contribution in [3.8, 4) is 0 Å². The maximum absolute atomic E-state index is 11.2. The van der Waals surface area contributed by atoms with Gasteiger partial charge in [0, 0.05) is 5.39 Å². The molecule has 4 heteroatoms. The standard InChI is InChI=1S/C9H6BrNO2/c10-7-5-6-3-1-2-4-8(6)11(13)9(7)12/h1-5,13H. The molecule has 13 heavy (non-hydrogen) atoms. The van der Waals surface area contributed by atoms with E-state index in [1.807, 2.05) is 12.1 Å². The molecular weight excluding hydrogens is 234 g/mol. The molecule has 0 fully saturated rings. The summed E-state index contributed by atoms with van der Waals surface area (Å²) in [6, 6.07) is 8.81. The fourth-order valence-electron chi connectivity index (χ4n) is 1.21. The number of rotatable bonds is 0. The molecule has 0 spiro atoms. The third kappa shape index (κ3) is 1.23. The van der Waals surface area contributed by atoms with Crippen molar-refractivity contribution >= 4 is 26.8 Å². The number of fused-ring (bicyclic) bond motifs is 1. The second-order valence-corrected chi connectivity index (χ2v) is 3.52. The minimum absolute atomic E-state index is 0.355. The minimum atomic E-state index is -0.446. The first-order chi connectivity index (χ1) is 6.20. The first kappa shape index (κ1) is 8.31. The zero-order valence-electron chi connectivity index (χ0n) is 6.57. The van der Waals surface area contributed by atoms with E-state index in [9.17, 15) is 10.0 Å². The van der Waals surface area contributed by atoms with Gasteiger partial charge in [-0.05, 0) is 28.1 Å². The van der Waals surface area contributed by atoms with Crippen molar-refractivity contribution in [2.45, 2.75) is 0 Å². The van der Waals surface area contributed by atoms with E-state index in [0.717, 1.165) is 5.39 Å². The molecule has 0 amide bonds. The molecule has 0 aliphatic rings. The normalized spacial score (nSPS) is 10.5. The van der Waals surface area contributed by atoms with E-state index in [1.165, 1.54) is 0 Å². The number of nitrogens with zero attached hydrogens (tertiary/aromatic N) is 1. The van der Waals surface area contributed by atoms with Gasteiger partial charge in [0.25, 0.3) is 5.56 Å². The van der Waals surface area contributed by atoms with E-state index in [2.05, 4.69) is 15.9 Å². The van der Waals surface area contributed by atoms with Gasteiger partial charge >= 0.3 is 0 Å². The Bertz CT molecular complexity index is 518. The van der Waals surface area contributed by atoms with Gasteiger partial charge in [-0.2, -0.15) is 0 Å². The van der Waals surface area contributed by atoms with E-state index in [4.69, 9.17) is 0 Å². The Hall–Kier alpha value is -1.29. The fraction of sp³-hybridized carbons (Fsp3) is 0. The number of para-hydroxylation sites is 1. The van der Waals surface area contributed by atoms with E-state index in [1.54, 1.807) is 18.2 Å². The maximum atomic E-state index is 11.2. The van der Waals surface area contributed by atoms with Gasteiger partial charge < -0.3 is 5.21 Å². The van der Waals surface area contributed by atoms with Crippen molar-refractivity contribution in [2.24, 2.45) is 0 Å². The molecule has 1 aromatic heterocycles. The van der Waals surface area contributed by atoms with Gasteiger partial charge in [0.15, 0.2) is 0 Å². The molecule has 3 nitrogen and oxygen atoms in total. The van der Waals surface area contributed by atoms with Gasteiger partial charge in [0.05, 0.1) is 9.99 Å². The van der Waals surface area contributed by atoms with E-state index < -0.39 is 5.56 Å². The van der Waals surface area contributed by atoms with Crippen LogP contribution >= 0.6 is 15.9 Å². The van der Waals surface area contributed by atoms with Crippen molar-refractivity contribution < 1.29 is 5.21 Å². The summed E-state index contributed by atoms with van der Waals surface area (Å²) < 4.78 is 0.994. The van der Waals surface area contributed by atoms with Gasteiger partial charge in [-0.15, -0.1) is 4.73 Å². The highest BCUT2D eigenvalue weighted by atomic mass is 79.9. The SMILES string of the molecule is O=c1c(Br)cc2ccccc2n1O. The predicted molar refractivity (Wildman–Crippen MR) is 53.1 cm³/mol. The molecule has 0 unspecified atom stereocenters. The maximum Gasteiger partial charge on any atom is 0.297 e. The second kappa shape index (κ2) is 2.88. The summed E-state index contributed by atoms with van der Waals surface area (Å²) in [6.45, 7) is 0. The third-order valence-corrected chi connectivity index (χ3v) is 2.41. The zero-order valence-corrected chi connectivity index (χ0v) is 8.15. The lowest BCUT2D eigenvalue weighted by Gasteiger charge is -2.02. The number of hydrogen-bond acceptors (Lipinski definition) is 2. The summed E-state index contributed by atoms with van der Waals surface area (Å²) in [5.41, 5.74) is 0.0643. The Morgan fingerprint density at radius 2 is 2.00 bits per heavy atom. The summed E-state index contributed by atoms with van der Waals surface area (Å²) in [5.74, 6) is 0. The van der Waals surface area contributed by atoms with Crippen LogP contribution < -0.4 is 5.56 Å². The van der Waals surface area contributed by atoms with Crippen LogP contribution in [0.25, 0.3) is 10.9 Å². The molecular formula is C9H6BrNO2. The highest BCUT2D eigenvalue weighted by Gasteiger charge is 2.04. The van der Waals surface area contributed by atoms with Gasteiger partial charge in [-0.3, -0.25) is 4.79 Å². The molecule has 0 aliphatic heterocycles. The van der Waals surface area contributed by atoms with E-state index >= 15 is 0 Å². The van der Waals surface area contributed by atoms with Crippen LogP contribution in [0.15, 0.2) is 39.6 Å². The summed E-state index contributed by atoms with van der Waals surface area (Å²) in [5, 5.41) is 10.2. The third-order valence-electron chi connectivity index (χ3n) is 1.84. The van der Waals surface area contributed by atoms with Crippen LogP contribution in [-0.4, -0.2) is 9.94 Å². The summed E-state index contributed by atoms with van der Waals surface area (Å²) in [6.07, 6.45) is 0. The molecule has 0 saturated carbocycles. The van der Waals surface area contributed by atoms with Crippen molar-refractivity contribution in [3.63, 3.8) is 0 Å². The number of benzene rings is 1.